The molecule has 4 heteroatoms. The van der Waals surface area contributed by atoms with Crippen molar-refractivity contribution in [1.82, 2.24) is 9.97 Å². The van der Waals surface area contributed by atoms with E-state index in [2.05, 4.69) is 9.97 Å². The molecule has 0 atom stereocenters. The van der Waals surface area contributed by atoms with Gasteiger partial charge < -0.3 is 4.74 Å². The van der Waals surface area contributed by atoms with Crippen LogP contribution in [0, 0.1) is 0 Å². The molecule has 0 spiro atoms. The number of hydrogen-bond acceptors (Lipinski definition) is 3. The Morgan fingerprint density at radius 3 is 2.77 bits per heavy atom. The third-order valence-corrected chi connectivity index (χ3v) is 1.88. The third-order valence-electron chi connectivity index (χ3n) is 1.67. The van der Waals surface area contributed by atoms with Gasteiger partial charge in [0.05, 0.1) is 0 Å². The van der Waals surface area contributed by atoms with Gasteiger partial charge in [-0.15, -0.1) is 0 Å². The highest BCUT2D eigenvalue weighted by atomic mass is 35.5. The number of rotatable bonds is 3. The lowest BCUT2D eigenvalue weighted by Gasteiger charge is -2.22. The molecular formula is C9H13ClN2O. The maximum absolute atomic E-state index is 5.74. The van der Waals surface area contributed by atoms with E-state index in [1.165, 1.54) is 0 Å². The Morgan fingerprint density at radius 2 is 2.23 bits per heavy atom. The van der Waals surface area contributed by atoms with E-state index in [0.29, 0.717) is 17.6 Å². The van der Waals surface area contributed by atoms with Crippen molar-refractivity contribution >= 4 is 11.6 Å². The zero-order valence-corrected chi connectivity index (χ0v) is 8.80. The molecule has 1 aromatic rings. The number of aromatic nitrogens is 2. The van der Waals surface area contributed by atoms with Gasteiger partial charge in [0.2, 0.25) is 0 Å². The molecule has 0 aromatic carbocycles. The third kappa shape index (κ3) is 2.64. The van der Waals surface area contributed by atoms with Gasteiger partial charge in [-0.25, -0.2) is 9.97 Å². The predicted molar refractivity (Wildman–Crippen MR) is 51.7 cm³/mol. The van der Waals surface area contributed by atoms with Crippen LogP contribution in [0.4, 0.5) is 0 Å². The predicted octanol–water partition coefficient (Wildman–Crippen LogP) is 2.40. The molecule has 13 heavy (non-hydrogen) atoms. The van der Waals surface area contributed by atoms with Gasteiger partial charge in [0.15, 0.2) is 5.82 Å². The van der Waals surface area contributed by atoms with Crippen LogP contribution in [0.3, 0.4) is 0 Å². The fraction of sp³-hybridized carbons (Fsp3) is 0.556. The van der Waals surface area contributed by atoms with Crippen LogP contribution in [-0.4, -0.2) is 16.6 Å². The average Bonchev–Trinajstić information content (AvgIpc) is 2.04. The smallest absolute Gasteiger partial charge is 0.161 e. The maximum atomic E-state index is 5.74. The second kappa shape index (κ2) is 4.03. The molecule has 0 unspecified atom stereocenters. The topological polar surface area (TPSA) is 35.0 Å². The minimum absolute atomic E-state index is 0.442. The molecule has 0 fully saturated rings. The van der Waals surface area contributed by atoms with Gasteiger partial charge in [-0.1, -0.05) is 11.6 Å². The summed E-state index contributed by atoms with van der Waals surface area (Å²) in [7, 11) is 0. The van der Waals surface area contributed by atoms with E-state index in [9.17, 15) is 0 Å². The molecule has 0 aliphatic heterocycles. The molecule has 0 N–H and O–H groups in total. The minimum atomic E-state index is -0.473. The molecule has 1 aromatic heterocycles. The minimum Gasteiger partial charge on any atom is -0.368 e. The number of nitrogens with zero attached hydrogens (tertiary/aromatic N) is 2. The first-order valence-electron chi connectivity index (χ1n) is 4.19. The molecule has 0 aliphatic carbocycles. The monoisotopic (exact) mass is 200 g/mol. The largest absolute Gasteiger partial charge is 0.368 e. The van der Waals surface area contributed by atoms with E-state index in [0.717, 1.165) is 0 Å². The Morgan fingerprint density at radius 1 is 1.54 bits per heavy atom. The van der Waals surface area contributed by atoms with Crippen molar-refractivity contribution in [3.05, 3.63) is 23.2 Å². The van der Waals surface area contributed by atoms with Crippen molar-refractivity contribution < 1.29 is 4.74 Å². The SMILES string of the molecule is CCOC(C)(C)c1nccc(Cl)n1. The Balaban J connectivity index is 2.93. The van der Waals surface area contributed by atoms with Crippen LogP contribution < -0.4 is 0 Å². The molecular weight excluding hydrogens is 188 g/mol. The van der Waals surface area contributed by atoms with E-state index >= 15 is 0 Å². The summed E-state index contributed by atoms with van der Waals surface area (Å²) in [6.07, 6.45) is 1.63. The summed E-state index contributed by atoms with van der Waals surface area (Å²) in [6, 6.07) is 1.65. The average molecular weight is 201 g/mol. The maximum Gasteiger partial charge on any atom is 0.161 e. The molecule has 0 saturated carbocycles. The van der Waals surface area contributed by atoms with Crippen molar-refractivity contribution in [3.63, 3.8) is 0 Å². The number of hydrogen-bond donors (Lipinski definition) is 0. The molecule has 3 nitrogen and oxygen atoms in total. The fourth-order valence-electron chi connectivity index (χ4n) is 1.05. The lowest BCUT2D eigenvalue weighted by Crippen LogP contribution is -2.24. The summed E-state index contributed by atoms with van der Waals surface area (Å²) in [5.74, 6) is 0.613. The molecule has 1 heterocycles. The van der Waals surface area contributed by atoms with Crippen LogP contribution in [0.1, 0.15) is 26.6 Å². The molecule has 0 radical (unpaired) electrons. The van der Waals surface area contributed by atoms with E-state index in [4.69, 9.17) is 16.3 Å². The van der Waals surface area contributed by atoms with Gasteiger partial charge in [-0.2, -0.15) is 0 Å². The standard InChI is InChI=1S/C9H13ClN2O/c1-4-13-9(2,3)8-11-6-5-7(10)12-8/h5-6H,4H2,1-3H3. The van der Waals surface area contributed by atoms with E-state index in [1.807, 2.05) is 20.8 Å². The zero-order valence-electron chi connectivity index (χ0n) is 8.04. The van der Waals surface area contributed by atoms with E-state index in [1.54, 1.807) is 12.3 Å². The molecule has 0 bridgehead atoms. The highest BCUT2D eigenvalue weighted by Crippen LogP contribution is 2.21. The number of halogens is 1. The first-order chi connectivity index (χ1) is 6.06. The Hall–Kier alpha value is -0.670. The van der Waals surface area contributed by atoms with Crippen LogP contribution in [0.5, 0.6) is 0 Å². The summed E-state index contributed by atoms with van der Waals surface area (Å²) in [4.78, 5) is 8.20. The molecule has 72 valence electrons. The molecule has 1 rings (SSSR count). The van der Waals surface area contributed by atoms with Crippen LogP contribution in [-0.2, 0) is 10.3 Å². The zero-order chi connectivity index (χ0) is 9.90. The van der Waals surface area contributed by atoms with E-state index in [-0.39, 0.29) is 0 Å². The lowest BCUT2D eigenvalue weighted by atomic mass is 10.1. The van der Waals surface area contributed by atoms with Gasteiger partial charge in [0.1, 0.15) is 10.8 Å². The van der Waals surface area contributed by atoms with Crippen molar-refractivity contribution in [2.24, 2.45) is 0 Å². The highest BCUT2D eigenvalue weighted by Gasteiger charge is 2.23. The van der Waals surface area contributed by atoms with Gasteiger partial charge >= 0.3 is 0 Å². The summed E-state index contributed by atoms with van der Waals surface area (Å²) >= 11 is 5.74. The van der Waals surface area contributed by atoms with Crippen LogP contribution in [0.2, 0.25) is 5.15 Å². The van der Waals surface area contributed by atoms with Crippen molar-refractivity contribution in [2.75, 3.05) is 6.61 Å². The van der Waals surface area contributed by atoms with Crippen molar-refractivity contribution in [2.45, 2.75) is 26.4 Å². The fourth-order valence-corrected chi connectivity index (χ4v) is 1.19. The van der Waals surface area contributed by atoms with Gasteiger partial charge in [-0.05, 0) is 26.8 Å². The lowest BCUT2D eigenvalue weighted by molar-refractivity contribution is -0.0208. The van der Waals surface area contributed by atoms with Crippen LogP contribution in [0.15, 0.2) is 12.3 Å². The second-order valence-corrected chi connectivity index (χ2v) is 3.53. The first-order valence-corrected chi connectivity index (χ1v) is 4.57. The summed E-state index contributed by atoms with van der Waals surface area (Å²) in [5.41, 5.74) is -0.473. The normalized spacial score (nSPS) is 11.7. The molecule has 0 saturated heterocycles. The first kappa shape index (κ1) is 10.4. The van der Waals surface area contributed by atoms with Crippen molar-refractivity contribution in [3.8, 4) is 0 Å². The second-order valence-electron chi connectivity index (χ2n) is 3.15. The molecule has 0 amide bonds. The number of ether oxygens (including phenoxy) is 1. The van der Waals surface area contributed by atoms with Crippen molar-refractivity contribution in [1.29, 1.82) is 0 Å². The van der Waals surface area contributed by atoms with Gasteiger partial charge in [0, 0.05) is 12.8 Å². The summed E-state index contributed by atoms with van der Waals surface area (Å²) in [5, 5.41) is 0.442. The Labute approximate surface area is 83.1 Å². The summed E-state index contributed by atoms with van der Waals surface area (Å²) < 4.78 is 5.49. The molecule has 0 aliphatic rings. The van der Waals surface area contributed by atoms with Crippen LogP contribution >= 0.6 is 11.6 Å². The Kier molecular flexibility index (Phi) is 3.22. The quantitative estimate of drug-likeness (QED) is 0.703. The summed E-state index contributed by atoms with van der Waals surface area (Å²) in [6.45, 7) is 6.40. The van der Waals surface area contributed by atoms with Crippen LogP contribution in [0.25, 0.3) is 0 Å². The van der Waals surface area contributed by atoms with E-state index < -0.39 is 5.60 Å². The van der Waals surface area contributed by atoms with Gasteiger partial charge in [-0.3, -0.25) is 0 Å². The Bertz CT molecular complexity index is 289. The van der Waals surface area contributed by atoms with Gasteiger partial charge in [0.25, 0.3) is 0 Å². The highest BCUT2D eigenvalue weighted by molar-refractivity contribution is 6.29.